The molecule has 2 heterocycles. The average molecular weight is 250 g/mol. The first-order valence-electron chi connectivity index (χ1n) is 5.84. The second-order valence-electron chi connectivity index (χ2n) is 4.64. The van der Waals surface area contributed by atoms with Crippen LogP contribution < -0.4 is 10.9 Å². The van der Waals surface area contributed by atoms with E-state index in [1.807, 2.05) is 0 Å². The summed E-state index contributed by atoms with van der Waals surface area (Å²) < 4.78 is 1.35. The van der Waals surface area contributed by atoms with Gasteiger partial charge in [0, 0.05) is 18.3 Å². The molecule has 2 aromatic rings. The fourth-order valence-electron chi connectivity index (χ4n) is 2.31. The lowest BCUT2D eigenvalue weighted by Crippen LogP contribution is -2.16. The Labute approximate surface area is 103 Å². The molecule has 1 fully saturated rings. The lowest BCUT2D eigenvalue weighted by Gasteiger charge is -2.09. The summed E-state index contributed by atoms with van der Waals surface area (Å²) in [6, 6.07) is 1.91. The van der Waals surface area contributed by atoms with Crippen molar-refractivity contribution in [3.05, 3.63) is 22.6 Å². The summed E-state index contributed by atoms with van der Waals surface area (Å²) in [4.78, 5) is 16.3. The van der Waals surface area contributed by atoms with Crippen LogP contribution in [0.25, 0.3) is 4.96 Å². The average Bonchev–Trinajstić information content (AvgIpc) is 2.86. The summed E-state index contributed by atoms with van der Waals surface area (Å²) in [5.41, 5.74) is -0.126. The molecule has 6 heteroatoms. The highest BCUT2D eigenvalue weighted by Gasteiger charge is 2.22. The fourth-order valence-corrected chi connectivity index (χ4v) is 3.17. The zero-order valence-corrected chi connectivity index (χ0v) is 10.4. The Hall–Kier alpha value is -1.43. The highest BCUT2D eigenvalue weighted by Crippen LogP contribution is 2.28. The Kier molecular flexibility index (Phi) is 2.58. The highest BCUT2D eigenvalue weighted by atomic mass is 32.1. The molecule has 90 valence electrons. The predicted octanol–water partition coefficient (Wildman–Crippen LogP) is 1.75. The fraction of sp³-hybridized carbons (Fsp3) is 0.545. The van der Waals surface area contributed by atoms with Crippen LogP contribution in [-0.4, -0.2) is 20.6 Å². The summed E-state index contributed by atoms with van der Waals surface area (Å²) in [7, 11) is 0. The number of rotatable bonds is 2. The number of fused-ring (bicyclic) bond motifs is 1. The molecule has 1 aliphatic rings. The summed E-state index contributed by atoms with van der Waals surface area (Å²) in [6.07, 6.45) is 5.15. The van der Waals surface area contributed by atoms with E-state index >= 15 is 0 Å². The number of nitrogens with zero attached hydrogens (tertiary/aromatic N) is 3. The Balaban J connectivity index is 1.86. The molecule has 2 unspecified atom stereocenters. The molecule has 0 spiro atoms. The molecule has 0 aromatic carbocycles. The van der Waals surface area contributed by atoms with E-state index in [1.54, 1.807) is 0 Å². The van der Waals surface area contributed by atoms with Gasteiger partial charge in [0.2, 0.25) is 10.1 Å². The monoisotopic (exact) mass is 250 g/mol. The maximum absolute atomic E-state index is 11.5. The molecule has 1 aliphatic carbocycles. The van der Waals surface area contributed by atoms with Crippen molar-refractivity contribution in [2.45, 2.75) is 32.2 Å². The molecule has 1 saturated carbocycles. The minimum Gasteiger partial charge on any atom is -0.357 e. The third kappa shape index (κ3) is 2.04. The summed E-state index contributed by atoms with van der Waals surface area (Å²) in [6.45, 7) is 2.27. The lowest BCUT2D eigenvalue weighted by atomic mass is 10.1. The van der Waals surface area contributed by atoms with Crippen LogP contribution in [0.3, 0.4) is 0 Å². The van der Waals surface area contributed by atoms with E-state index in [1.165, 1.54) is 47.4 Å². The van der Waals surface area contributed by atoms with Gasteiger partial charge >= 0.3 is 0 Å². The van der Waals surface area contributed by atoms with Crippen LogP contribution in [0.4, 0.5) is 5.13 Å². The molecule has 0 amide bonds. The molecule has 0 saturated heterocycles. The highest BCUT2D eigenvalue weighted by molar-refractivity contribution is 7.20. The van der Waals surface area contributed by atoms with Gasteiger partial charge in [-0.25, -0.2) is 4.98 Å². The second kappa shape index (κ2) is 4.10. The topological polar surface area (TPSA) is 59.3 Å². The molecular formula is C11H14N4OS. The quantitative estimate of drug-likeness (QED) is 0.882. The second-order valence-corrected chi connectivity index (χ2v) is 5.60. The van der Waals surface area contributed by atoms with Crippen molar-refractivity contribution in [2.75, 3.05) is 5.32 Å². The van der Waals surface area contributed by atoms with Crippen molar-refractivity contribution < 1.29 is 0 Å². The van der Waals surface area contributed by atoms with E-state index in [2.05, 4.69) is 22.3 Å². The molecule has 1 N–H and O–H groups in total. The standard InChI is InChI=1S/C11H14N4OS/c1-7-2-3-8(6-7)13-10-14-15-9(16)4-5-12-11(15)17-10/h4-5,7-8H,2-3,6H2,1H3,(H,13,14). The molecule has 3 rings (SSSR count). The number of aromatic nitrogens is 3. The molecular weight excluding hydrogens is 236 g/mol. The van der Waals surface area contributed by atoms with Crippen molar-refractivity contribution in [1.29, 1.82) is 0 Å². The van der Waals surface area contributed by atoms with E-state index in [0.717, 1.165) is 11.0 Å². The van der Waals surface area contributed by atoms with Gasteiger partial charge in [0.1, 0.15) is 0 Å². The van der Waals surface area contributed by atoms with Gasteiger partial charge in [0.05, 0.1) is 0 Å². The molecule has 17 heavy (non-hydrogen) atoms. The molecule has 5 nitrogen and oxygen atoms in total. The minimum atomic E-state index is -0.126. The van der Waals surface area contributed by atoms with E-state index in [4.69, 9.17) is 0 Å². The molecule has 0 aliphatic heterocycles. The third-order valence-electron chi connectivity index (χ3n) is 3.19. The van der Waals surface area contributed by atoms with Crippen molar-refractivity contribution in [1.82, 2.24) is 14.6 Å². The van der Waals surface area contributed by atoms with Gasteiger partial charge in [-0.3, -0.25) is 4.79 Å². The molecule has 2 atom stereocenters. The van der Waals surface area contributed by atoms with E-state index in [9.17, 15) is 4.79 Å². The minimum absolute atomic E-state index is 0.126. The SMILES string of the molecule is CC1CCC(Nc2nn3c(=O)ccnc3s2)C1. The predicted molar refractivity (Wildman–Crippen MR) is 67.6 cm³/mol. The summed E-state index contributed by atoms with van der Waals surface area (Å²) >= 11 is 1.43. The smallest absolute Gasteiger partial charge is 0.275 e. The Bertz CT molecular complexity index is 590. The van der Waals surface area contributed by atoms with Crippen LogP contribution in [0.15, 0.2) is 17.1 Å². The van der Waals surface area contributed by atoms with Gasteiger partial charge in [0.15, 0.2) is 0 Å². The maximum Gasteiger partial charge on any atom is 0.275 e. The van der Waals surface area contributed by atoms with Crippen LogP contribution in [0.5, 0.6) is 0 Å². The van der Waals surface area contributed by atoms with Gasteiger partial charge in [-0.1, -0.05) is 18.3 Å². The molecule has 2 aromatic heterocycles. The van der Waals surface area contributed by atoms with Gasteiger partial charge in [-0.05, 0) is 25.2 Å². The molecule has 0 bridgehead atoms. The summed E-state index contributed by atoms with van der Waals surface area (Å²) in [5, 5.41) is 8.44. The van der Waals surface area contributed by atoms with Crippen LogP contribution in [-0.2, 0) is 0 Å². The first-order valence-corrected chi connectivity index (χ1v) is 6.65. The Morgan fingerprint density at radius 2 is 2.41 bits per heavy atom. The number of hydrogen-bond donors (Lipinski definition) is 1. The largest absolute Gasteiger partial charge is 0.357 e. The third-order valence-corrected chi connectivity index (χ3v) is 4.05. The van der Waals surface area contributed by atoms with Crippen molar-refractivity contribution in [2.24, 2.45) is 5.92 Å². The van der Waals surface area contributed by atoms with Crippen molar-refractivity contribution >= 4 is 21.4 Å². The zero-order valence-electron chi connectivity index (χ0n) is 9.59. The van der Waals surface area contributed by atoms with Crippen LogP contribution in [0, 0.1) is 5.92 Å². The van der Waals surface area contributed by atoms with Gasteiger partial charge in [-0.15, -0.1) is 5.10 Å². The van der Waals surface area contributed by atoms with Crippen LogP contribution in [0.1, 0.15) is 26.2 Å². The van der Waals surface area contributed by atoms with Crippen LogP contribution in [0.2, 0.25) is 0 Å². The van der Waals surface area contributed by atoms with Gasteiger partial charge in [0.25, 0.3) is 5.56 Å². The first-order chi connectivity index (χ1) is 8.22. The van der Waals surface area contributed by atoms with E-state index < -0.39 is 0 Å². The summed E-state index contributed by atoms with van der Waals surface area (Å²) in [5.74, 6) is 0.780. The first kappa shape index (κ1) is 10.7. The molecule has 0 radical (unpaired) electrons. The van der Waals surface area contributed by atoms with Crippen molar-refractivity contribution in [3.63, 3.8) is 0 Å². The van der Waals surface area contributed by atoms with Gasteiger partial charge < -0.3 is 5.32 Å². The number of anilines is 1. The lowest BCUT2D eigenvalue weighted by molar-refractivity contribution is 0.602. The Morgan fingerprint density at radius 1 is 1.53 bits per heavy atom. The zero-order chi connectivity index (χ0) is 11.8. The number of hydrogen-bond acceptors (Lipinski definition) is 5. The van der Waals surface area contributed by atoms with Crippen LogP contribution >= 0.6 is 11.3 Å². The number of nitrogens with one attached hydrogen (secondary N) is 1. The normalized spacial score (nSPS) is 24.3. The Morgan fingerprint density at radius 3 is 3.12 bits per heavy atom. The van der Waals surface area contributed by atoms with Crippen molar-refractivity contribution in [3.8, 4) is 0 Å². The maximum atomic E-state index is 11.5. The van der Waals surface area contributed by atoms with E-state index in [-0.39, 0.29) is 5.56 Å². The van der Waals surface area contributed by atoms with Gasteiger partial charge in [-0.2, -0.15) is 4.52 Å². The van der Waals surface area contributed by atoms with E-state index in [0.29, 0.717) is 11.0 Å².